The Bertz CT molecular complexity index is 374. The third kappa shape index (κ3) is 3.66. The molecule has 0 spiro atoms. The summed E-state index contributed by atoms with van der Waals surface area (Å²) in [6, 6.07) is 6.46. The lowest BCUT2D eigenvalue weighted by molar-refractivity contribution is -0.428. The van der Waals surface area contributed by atoms with Gasteiger partial charge in [-0.05, 0) is 38.3 Å². The monoisotopic (exact) mass is 221 g/mol. The molecule has 0 bridgehead atoms. The van der Waals surface area contributed by atoms with Crippen molar-refractivity contribution < 1.29 is 15.6 Å². The van der Waals surface area contributed by atoms with Gasteiger partial charge in [-0.2, -0.15) is 0 Å². The smallest absolute Gasteiger partial charge is 0.110 e. The normalized spacial score (nSPS) is 12.4. The number of aliphatic carboxylic acids is 1. The molecule has 0 aliphatic heterocycles. The van der Waals surface area contributed by atoms with E-state index in [2.05, 4.69) is 37.8 Å². The van der Waals surface area contributed by atoms with Crippen molar-refractivity contribution in [3.05, 3.63) is 34.9 Å². The van der Waals surface area contributed by atoms with E-state index in [4.69, 9.17) is 0 Å². The molecule has 88 valence electrons. The zero-order chi connectivity index (χ0) is 12.1. The van der Waals surface area contributed by atoms with Crippen molar-refractivity contribution in [2.24, 2.45) is 0 Å². The number of carboxylic acid groups (broad SMARTS) is 1. The van der Waals surface area contributed by atoms with Gasteiger partial charge in [0.05, 0.1) is 0 Å². The van der Waals surface area contributed by atoms with Crippen molar-refractivity contribution in [3.8, 4) is 0 Å². The van der Waals surface area contributed by atoms with Crippen LogP contribution < -0.4 is 10.8 Å². The molecule has 0 aromatic heterocycles. The summed E-state index contributed by atoms with van der Waals surface area (Å²) in [7, 11) is 0. The lowest BCUT2D eigenvalue weighted by atomic mass is 9.96. The van der Waals surface area contributed by atoms with E-state index in [0.29, 0.717) is 6.42 Å². The van der Waals surface area contributed by atoms with Crippen LogP contribution in [0, 0.1) is 13.8 Å². The summed E-state index contributed by atoms with van der Waals surface area (Å²) < 4.78 is 0. The van der Waals surface area contributed by atoms with Gasteiger partial charge in [0.25, 0.3) is 0 Å². The Hall–Kier alpha value is -1.35. The number of carbonyl (C=O) groups is 1. The SMILES string of the molecule is Cc1ccc(C)c([C@H]([NH3+])CCCC(=O)[O-])c1. The zero-order valence-corrected chi connectivity index (χ0v) is 9.95. The van der Waals surface area contributed by atoms with Crippen LogP contribution in [0.4, 0.5) is 0 Å². The molecular weight excluding hydrogens is 202 g/mol. The quantitative estimate of drug-likeness (QED) is 0.787. The van der Waals surface area contributed by atoms with E-state index >= 15 is 0 Å². The molecule has 3 nitrogen and oxygen atoms in total. The van der Waals surface area contributed by atoms with Crippen LogP contribution in [0.3, 0.4) is 0 Å². The van der Waals surface area contributed by atoms with Gasteiger partial charge in [-0.1, -0.05) is 17.7 Å². The second-order valence-electron chi connectivity index (χ2n) is 4.32. The molecule has 0 saturated heterocycles. The zero-order valence-electron chi connectivity index (χ0n) is 9.95. The molecule has 16 heavy (non-hydrogen) atoms. The second kappa shape index (κ2) is 5.66. The highest BCUT2D eigenvalue weighted by atomic mass is 16.4. The van der Waals surface area contributed by atoms with Crippen molar-refractivity contribution in [2.75, 3.05) is 0 Å². The van der Waals surface area contributed by atoms with E-state index in [1.165, 1.54) is 16.7 Å². The summed E-state index contributed by atoms with van der Waals surface area (Å²) in [5.41, 5.74) is 7.75. The van der Waals surface area contributed by atoms with Gasteiger partial charge in [-0.25, -0.2) is 0 Å². The van der Waals surface area contributed by atoms with E-state index in [1.807, 2.05) is 0 Å². The predicted octanol–water partition coefficient (Wildman–Crippen LogP) is 0.507. The molecule has 0 radical (unpaired) electrons. The first-order valence-corrected chi connectivity index (χ1v) is 5.61. The summed E-state index contributed by atoms with van der Waals surface area (Å²) in [5, 5.41) is 10.3. The van der Waals surface area contributed by atoms with Crippen molar-refractivity contribution in [1.29, 1.82) is 0 Å². The topological polar surface area (TPSA) is 67.8 Å². The van der Waals surface area contributed by atoms with Crippen LogP contribution >= 0.6 is 0 Å². The number of hydrogen-bond acceptors (Lipinski definition) is 2. The molecule has 1 aromatic rings. The minimum atomic E-state index is -0.979. The Labute approximate surface area is 96.3 Å². The number of carboxylic acids is 1. The molecule has 1 rings (SSSR count). The van der Waals surface area contributed by atoms with E-state index < -0.39 is 5.97 Å². The number of hydrogen-bond donors (Lipinski definition) is 1. The fourth-order valence-corrected chi connectivity index (χ4v) is 1.85. The van der Waals surface area contributed by atoms with Gasteiger partial charge < -0.3 is 15.6 Å². The maximum atomic E-state index is 10.3. The summed E-state index contributed by atoms with van der Waals surface area (Å²) in [5.74, 6) is -0.979. The number of benzene rings is 1. The largest absolute Gasteiger partial charge is 0.550 e. The Morgan fingerprint density at radius 3 is 2.75 bits per heavy atom. The first-order chi connectivity index (χ1) is 7.50. The molecular formula is C13H19NO2. The number of rotatable bonds is 5. The number of carbonyl (C=O) groups excluding carboxylic acids is 1. The number of aryl methyl sites for hydroxylation is 2. The van der Waals surface area contributed by atoms with Gasteiger partial charge in [0.2, 0.25) is 0 Å². The standard InChI is InChI=1S/C13H19NO2/c1-9-6-7-10(2)11(8-9)12(14)4-3-5-13(15)16/h6-8,12H,3-5,14H2,1-2H3,(H,15,16)/t12-/m1/s1. The van der Waals surface area contributed by atoms with Crippen LogP contribution in [0.5, 0.6) is 0 Å². The molecule has 0 heterocycles. The van der Waals surface area contributed by atoms with E-state index in [-0.39, 0.29) is 12.5 Å². The lowest BCUT2D eigenvalue weighted by Crippen LogP contribution is -2.53. The van der Waals surface area contributed by atoms with Crippen LogP contribution in [-0.4, -0.2) is 5.97 Å². The number of quaternary nitrogens is 1. The molecule has 0 unspecified atom stereocenters. The van der Waals surface area contributed by atoms with Gasteiger partial charge >= 0.3 is 0 Å². The van der Waals surface area contributed by atoms with Crippen molar-refractivity contribution in [3.63, 3.8) is 0 Å². The Balaban J connectivity index is 2.61. The van der Waals surface area contributed by atoms with Gasteiger partial charge in [0, 0.05) is 18.0 Å². The molecule has 0 aliphatic rings. The summed E-state index contributed by atoms with van der Waals surface area (Å²) >= 11 is 0. The van der Waals surface area contributed by atoms with Gasteiger partial charge in [-0.3, -0.25) is 0 Å². The van der Waals surface area contributed by atoms with E-state index in [0.717, 1.165) is 6.42 Å². The minimum absolute atomic E-state index is 0.122. The average Bonchev–Trinajstić information content (AvgIpc) is 2.21. The van der Waals surface area contributed by atoms with Gasteiger partial charge in [-0.15, -0.1) is 0 Å². The average molecular weight is 221 g/mol. The third-order valence-electron chi connectivity index (χ3n) is 2.81. The molecule has 0 fully saturated rings. The maximum absolute atomic E-state index is 10.3. The molecule has 0 saturated carbocycles. The highest BCUT2D eigenvalue weighted by molar-refractivity contribution is 5.64. The Kier molecular flexibility index (Phi) is 4.50. The Morgan fingerprint density at radius 2 is 2.12 bits per heavy atom. The van der Waals surface area contributed by atoms with Crippen LogP contribution in [0.25, 0.3) is 0 Å². The van der Waals surface area contributed by atoms with Crippen LogP contribution in [0.15, 0.2) is 18.2 Å². The highest BCUT2D eigenvalue weighted by Crippen LogP contribution is 2.20. The van der Waals surface area contributed by atoms with E-state index in [1.54, 1.807) is 0 Å². The molecule has 0 amide bonds. The first kappa shape index (κ1) is 12.7. The van der Waals surface area contributed by atoms with Gasteiger partial charge in [0.15, 0.2) is 0 Å². The molecule has 0 aliphatic carbocycles. The Morgan fingerprint density at radius 1 is 1.44 bits per heavy atom. The van der Waals surface area contributed by atoms with Crippen molar-refractivity contribution >= 4 is 5.97 Å². The maximum Gasteiger partial charge on any atom is 0.110 e. The molecule has 3 N–H and O–H groups in total. The fraction of sp³-hybridized carbons (Fsp3) is 0.462. The summed E-state index contributed by atoms with van der Waals surface area (Å²) in [4.78, 5) is 10.3. The van der Waals surface area contributed by atoms with Crippen molar-refractivity contribution in [1.82, 2.24) is 0 Å². The second-order valence-corrected chi connectivity index (χ2v) is 4.32. The lowest BCUT2D eigenvalue weighted by Gasteiger charge is -2.12. The third-order valence-corrected chi connectivity index (χ3v) is 2.81. The fourth-order valence-electron chi connectivity index (χ4n) is 1.85. The van der Waals surface area contributed by atoms with Crippen LogP contribution in [0.1, 0.15) is 42.0 Å². The van der Waals surface area contributed by atoms with E-state index in [9.17, 15) is 9.90 Å². The van der Waals surface area contributed by atoms with Crippen LogP contribution in [0.2, 0.25) is 0 Å². The van der Waals surface area contributed by atoms with Crippen LogP contribution in [-0.2, 0) is 4.79 Å². The minimum Gasteiger partial charge on any atom is -0.550 e. The molecule has 1 atom stereocenters. The van der Waals surface area contributed by atoms with Gasteiger partial charge in [0.1, 0.15) is 6.04 Å². The molecule has 1 aromatic carbocycles. The van der Waals surface area contributed by atoms with Crippen molar-refractivity contribution in [2.45, 2.75) is 39.2 Å². The molecule has 3 heteroatoms. The summed E-state index contributed by atoms with van der Waals surface area (Å²) in [6.07, 6.45) is 1.54. The highest BCUT2D eigenvalue weighted by Gasteiger charge is 2.12. The summed E-state index contributed by atoms with van der Waals surface area (Å²) in [6.45, 7) is 4.11. The predicted molar refractivity (Wildman–Crippen MR) is 60.4 cm³/mol. The first-order valence-electron chi connectivity index (χ1n) is 5.61.